The Balaban J connectivity index is 0.000000555. The number of rotatable bonds is 4. The van der Waals surface area contributed by atoms with Crippen molar-refractivity contribution in [1.82, 2.24) is 14.5 Å². The van der Waals surface area contributed by atoms with Crippen LogP contribution in [0.2, 0.25) is 0 Å². The first kappa shape index (κ1) is 24.0. The number of aromatic nitrogens is 3. The molecule has 0 atom stereocenters. The highest BCUT2D eigenvalue weighted by atomic mass is 32.2. The lowest BCUT2D eigenvalue weighted by Gasteiger charge is -2.14. The molecule has 33 heavy (non-hydrogen) atoms. The van der Waals surface area contributed by atoms with Crippen molar-refractivity contribution in [2.75, 3.05) is 17.2 Å². The molecule has 0 fully saturated rings. The quantitative estimate of drug-likeness (QED) is 0.444. The van der Waals surface area contributed by atoms with Gasteiger partial charge >= 0.3 is 0 Å². The fourth-order valence-corrected chi connectivity index (χ4v) is 3.39. The first-order chi connectivity index (χ1) is 15.4. The van der Waals surface area contributed by atoms with Crippen LogP contribution in [0.5, 0.6) is 0 Å². The van der Waals surface area contributed by atoms with E-state index in [0.717, 1.165) is 18.1 Å². The zero-order valence-electron chi connectivity index (χ0n) is 17.7. The van der Waals surface area contributed by atoms with Crippen molar-refractivity contribution in [3.8, 4) is 16.9 Å². The highest BCUT2D eigenvalue weighted by Gasteiger charge is 2.16. The highest BCUT2D eigenvalue weighted by molar-refractivity contribution is 7.92. The van der Waals surface area contributed by atoms with E-state index in [1.807, 2.05) is 48.5 Å². The van der Waals surface area contributed by atoms with Gasteiger partial charge in [0.15, 0.2) is 5.65 Å². The van der Waals surface area contributed by atoms with E-state index in [2.05, 4.69) is 19.8 Å². The van der Waals surface area contributed by atoms with E-state index in [4.69, 9.17) is 0 Å². The van der Waals surface area contributed by atoms with Gasteiger partial charge in [-0.05, 0) is 18.2 Å². The van der Waals surface area contributed by atoms with Gasteiger partial charge in [0, 0.05) is 17.0 Å². The van der Waals surface area contributed by atoms with Gasteiger partial charge in [-0.1, -0.05) is 48.5 Å². The van der Waals surface area contributed by atoms with Gasteiger partial charge < -0.3 is 0 Å². The molecule has 3 N–H and O–H groups in total. The Labute approximate surface area is 190 Å². The molecule has 0 bridgehead atoms. The topological polar surface area (TPSA) is 154 Å². The smallest absolute Gasteiger partial charge is 0.256 e. The number of hydrogen-bond donors (Lipinski definition) is 2. The van der Waals surface area contributed by atoms with Crippen LogP contribution < -0.4 is 15.4 Å². The summed E-state index contributed by atoms with van der Waals surface area (Å²) in [5.41, 5.74) is 1.98. The van der Waals surface area contributed by atoms with Crippen LogP contribution in [0.25, 0.3) is 28.0 Å². The molecular formula is C21H21N5O5S2. The summed E-state index contributed by atoms with van der Waals surface area (Å²) in [6.07, 6.45) is 1.96. The molecule has 172 valence electrons. The Bertz CT molecular complexity index is 1550. The maximum absolute atomic E-state index is 12.6. The van der Waals surface area contributed by atoms with Gasteiger partial charge in [0.1, 0.15) is 0 Å². The molecule has 0 aliphatic rings. The Morgan fingerprint density at radius 1 is 0.818 bits per heavy atom. The van der Waals surface area contributed by atoms with E-state index < -0.39 is 20.0 Å². The van der Waals surface area contributed by atoms with Gasteiger partial charge in [0.25, 0.3) is 5.56 Å². The van der Waals surface area contributed by atoms with Gasteiger partial charge in [-0.15, -0.1) is 0 Å². The van der Waals surface area contributed by atoms with E-state index in [1.165, 1.54) is 10.6 Å². The number of benzene rings is 2. The second-order valence-corrected chi connectivity index (χ2v) is 10.5. The minimum atomic E-state index is -3.59. The van der Waals surface area contributed by atoms with Crippen LogP contribution in [-0.4, -0.2) is 43.9 Å². The summed E-state index contributed by atoms with van der Waals surface area (Å²) < 4.78 is 46.1. The number of anilines is 1. The molecule has 4 aromatic rings. The molecule has 12 heteroatoms. The fraction of sp³-hybridized carbons (Fsp3) is 0.0952. The maximum Gasteiger partial charge on any atom is 0.256 e. The number of nitrogens with one attached hydrogen (secondary N) is 1. The van der Waals surface area contributed by atoms with Gasteiger partial charge in [-0.25, -0.2) is 27.0 Å². The van der Waals surface area contributed by atoms with Crippen LogP contribution in [0, 0.1) is 0 Å². The molecule has 2 aromatic heterocycles. The summed E-state index contributed by atoms with van der Waals surface area (Å²) in [5, 5.41) is 4.96. The Morgan fingerprint density at radius 2 is 1.36 bits per heavy atom. The van der Waals surface area contributed by atoms with Gasteiger partial charge in [-0.2, -0.15) is 4.98 Å². The van der Waals surface area contributed by atoms with Crippen molar-refractivity contribution < 1.29 is 16.8 Å². The molecule has 0 aliphatic carbocycles. The SMILES string of the molecule is CS(=O)(=O)Nc1nc(-c2ccccc2)c2ccc(=O)n(-c3ccccc3)c2n1.CS(N)(=O)=O. The number of nitrogens with zero attached hydrogens (tertiary/aromatic N) is 3. The fourth-order valence-electron chi connectivity index (χ4n) is 2.97. The van der Waals surface area contributed by atoms with Crippen molar-refractivity contribution in [2.24, 2.45) is 5.14 Å². The molecule has 2 aromatic carbocycles. The monoisotopic (exact) mass is 487 g/mol. The number of primary sulfonamides is 1. The molecule has 0 amide bonds. The first-order valence-corrected chi connectivity index (χ1v) is 13.3. The molecule has 0 saturated carbocycles. The number of nitrogens with two attached hydrogens (primary N) is 1. The lowest BCUT2D eigenvalue weighted by Crippen LogP contribution is -2.20. The lowest BCUT2D eigenvalue weighted by atomic mass is 10.1. The third-order valence-corrected chi connectivity index (χ3v) is 4.64. The van der Waals surface area contributed by atoms with Crippen LogP contribution in [-0.2, 0) is 20.0 Å². The third-order valence-electron chi connectivity index (χ3n) is 4.09. The number of fused-ring (bicyclic) bond motifs is 1. The van der Waals surface area contributed by atoms with Crippen molar-refractivity contribution in [3.63, 3.8) is 0 Å². The van der Waals surface area contributed by atoms with Crippen molar-refractivity contribution >= 4 is 37.0 Å². The summed E-state index contributed by atoms with van der Waals surface area (Å²) in [6, 6.07) is 21.5. The van der Waals surface area contributed by atoms with E-state index in [0.29, 0.717) is 22.4 Å². The normalized spacial score (nSPS) is 11.5. The third kappa shape index (κ3) is 6.68. The summed E-state index contributed by atoms with van der Waals surface area (Å²) in [5.74, 6) is -0.0934. The van der Waals surface area contributed by atoms with Crippen LogP contribution in [0.1, 0.15) is 0 Å². The molecule has 0 spiro atoms. The van der Waals surface area contributed by atoms with Gasteiger partial charge in [0.2, 0.25) is 26.0 Å². The molecule has 4 rings (SSSR count). The summed E-state index contributed by atoms with van der Waals surface area (Å²) in [6.45, 7) is 0. The lowest BCUT2D eigenvalue weighted by molar-refractivity contribution is 0.602. The molecular weight excluding hydrogens is 466 g/mol. The predicted octanol–water partition coefficient (Wildman–Crippen LogP) is 1.72. The van der Waals surface area contributed by atoms with Crippen molar-refractivity contribution in [3.05, 3.63) is 83.2 Å². The van der Waals surface area contributed by atoms with Crippen LogP contribution in [0.3, 0.4) is 0 Å². The Morgan fingerprint density at radius 3 is 1.91 bits per heavy atom. The molecule has 10 nitrogen and oxygen atoms in total. The van der Waals surface area contributed by atoms with Crippen molar-refractivity contribution in [1.29, 1.82) is 0 Å². The predicted molar refractivity (Wildman–Crippen MR) is 128 cm³/mol. The maximum atomic E-state index is 12.6. The Hall–Kier alpha value is -3.61. The summed E-state index contributed by atoms with van der Waals surface area (Å²) >= 11 is 0. The number of pyridine rings is 1. The van der Waals surface area contributed by atoms with Crippen LogP contribution in [0.15, 0.2) is 77.6 Å². The second kappa shape index (κ2) is 9.48. The summed E-state index contributed by atoms with van der Waals surface area (Å²) in [7, 11) is -6.76. The van der Waals surface area contributed by atoms with E-state index in [-0.39, 0.29) is 11.5 Å². The van der Waals surface area contributed by atoms with E-state index >= 15 is 0 Å². The number of sulfonamides is 2. The Kier molecular flexibility index (Phi) is 6.91. The molecule has 2 heterocycles. The van der Waals surface area contributed by atoms with Gasteiger partial charge in [-0.3, -0.25) is 14.1 Å². The molecule has 0 saturated heterocycles. The van der Waals surface area contributed by atoms with Crippen molar-refractivity contribution in [2.45, 2.75) is 0 Å². The molecule has 0 aliphatic heterocycles. The van der Waals surface area contributed by atoms with Crippen LogP contribution >= 0.6 is 0 Å². The zero-order chi connectivity index (χ0) is 24.2. The standard InChI is InChI=1S/C20H16N4O3S.CH5NO2S/c1-28(26,27)23-20-21-18(14-8-4-2-5-9-14)16-12-13-17(25)24(19(16)22-20)15-10-6-3-7-11-15;1-5(2,3)4/h2-13H,1H3,(H,21,22,23);1H3,(H2,2,3,4). The minimum absolute atomic E-state index is 0.0934. The minimum Gasteiger partial charge on any atom is -0.269 e. The molecule has 0 unspecified atom stereocenters. The highest BCUT2D eigenvalue weighted by Crippen LogP contribution is 2.27. The number of hydrogen-bond acceptors (Lipinski definition) is 7. The van der Waals surface area contributed by atoms with E-state index in [9.17, 15) is 21.6 Å². The van der Waals surface area contributed by atoms with E-state index in [1.54, 1.807) is 18.2 Å². The number of para-hydroxylation sites is 1. The van der Waals surface area contributed by atoms with Gasteiger partial charge in [0.05, 0.1) is 23.9 Å². The zero-order valence-corrected chi connectivity index (χ0v) is 19.3. The average molecular weight is 488 g/mol. The van der Waals surface area contributed by atoms with Crippen LogP contribution in [0.4, 0.5) is 5.95 Å². The average Bonchev–Trinajstić information content (AvgIpc) is 2.72. The summed E-state index contributed by atoms with van der Waals surface area (Å²) in [4.78, 5) is 21.4. The molecule has 0 radical (unpaired) electrons. The first-order valence-electron chi connectivity index (χ1n) is 9.42. The largest absolute Gasteiger partial charge is 0.269 e. The second-order valence-electron chi connectivity index (χ2n) is 7.05.